The number of hydrogen-bond acceptors (Lipinski definition) is 4. The summed E-state index contributed by atoms with van der Waals surface area (Å²) in [7, 11) is 1.23. The lowest BCUT2D eigenvalue weighted by Crippen LogP contribution is -2.45. The molecular formula is C8H15ClN2O4. The summed E-state index contributed by atoms with van der Waals surface area (Å²) < 4.78 is 4.32. The molecule has 6 nitrogen and oxygen atoms in total. The number of carbonyl (C=O) groups excluding carboxylic acids is 3. The van der Waals surface area contributed by atoms with Crippen LogP contribution in [0.3, 0.4) is 0 Å². The summed E-state index contributed by atoms with van der Waals surface area (Å²) >= 11 is 0. The Morgan fingerprint density at radius 1 is 1.33 bits per heavy atom. The lowest BCUT2D eigenvalue weighted by molar-refractivity contribution is -0.141. The van der Waals surface area contributed by atoms with Crippen LogP contribution in [0.5, 0.6) is 0 Å². The Labute approximate surface area is 94.1 Å². The van der Waals surface area contributed by atoms with Crippen LogP contribution < -0.4 is 10.6 Å². The van der Waals surface area contributed by atoms with Gasteiger partial charge in [-0.2, -0.15) is 0 Å². The zero-order valence-corrected chi connectivity index (χ0v) is 9.64. The van der Waals surface area contributed by atoms with Crippen molar-refractivity contribution >= 4 is 30.2 Å². The molecule has 0 unspecified atom stereocenters. The predicted octanol–water partition coefficient (Wildman–Crippen LogP) is -0.778. The molecule has 0 saturated heterocycles. The van der Waals surface area contributed by atoms with Crippen molar-refractivity contribution < 1.29 is 19.1 Å². The zero-order chi connectivity index (χ0) is 11.1. The summed E-state index contributed by atoms with van der Waals surface area (Å²) in [6.07, 6.45) is 0. The second kappa shape index (κ2) is 8.05. The zero-order valence-electron chi connectivity index (χ0n) is 8.83. The van der Waals surface area contributed by atoms with Crippen LogP contribution in [0.2, 0.25) is 0 Å². The molecule has 7 heteroatoms. The van der Waals surface area contributed by atoms with Gasteiger partial charge in [0.1, 0.15) is 12.6 Å². The van der Waals surface area contributed by atoms with E-state index in [9.17, 15) is 14.4 Å². The predicted molar refractivity (Wildman–Crippen MR) is 55.6 cm³/mol. The van der Waals surface area contributed by atoms with Crippen LogP contribution in [0.15, 0.2) is 0 Å². The molecule has 0 aliphatic rings. The lowest BCUT2D eigenvalue weighted by atomic mass is 10.3. The third-order valence-corrected chi connectivity index (χ3v) is 1.45. The van der Waals surface area contributed by atoms with E-state index in [-0.39, 0.29) is 24.9 Å². The van der Waals surface area contributed by atoms with E-state index in [0.717, 1.165) is 0 Å². The average molecular weight is 239 g/mol. The molecule has 15 heavy (non-hydrogen) atoms. The Kier molecular flexibility index (Phi) is 8.66. The highest BCUT2D eigenvalue weighted by Gasteiger charge is 2.14. The third kappa shape index (κ3) is 7.75. The van der Waals surface area contributed by atoms with Crippen LogP contribution >= 0.6 is 12.4 Å². The molecule has 0 aromatic rings. The number of amides is 2. The topological polar surface area (TPSA) is 84.5 Å². The summed E-state index contributed by atoms with van der Waals surface area (Å²) in [5.41, 5.74) is 0. The van der Waals surface area contributed by atoms with Crippen molar-refractivity contribution in [2.75, 3.05) is 13.7 Å². The first-order chi connectivity index (χ1) is 6.47. The Hall–Kier alpha value is -1.30. The van der Waals surface area contributed by atoms with Crippen molar-refractivity contribution in [2.24, 2.45) is 0 Å². The van der Waals surface area contributed by atoms with Gasteiger partial charge in [-0.1, -0.05) is 0 Å². The number of ether oxygens (including phenoxy) is 1. The Morgan fingerprint density at radius 2 is 1.87 bits per heavy atom. The van der Waals surface area contributed by atoms with Gasteiger partial charge in [-0.3, -0.25) is 14.4 Å². The largest absolute Gasteiger partial charge is 0.468 e. The first kappa shape index (κ1) is 16.1. The molecule has 0 aromatic heterocycles. The molecule has 0 saturated carbocycles. The fourth-order valence-corrected chi connectivity index (χ4v) is 0.755. The highest BCUT2D eigenvalue weighted by molar-refractivity contribution is 5.88. The maximum Gasteiger partial charge on any atom is 0.325 e. The molecule has 0 bridgehead atoms. The molecule has 0 spiro atoms. The summed E-state index contributed by atoms with van der Waals surface area (Å²) in [6, 6.07) is -0.655. The minimum atomic E-state index is -0.655. The number of esters is 1. The summed E-state index contributed by atoms with van der Waals surface area (Å²) in [5, 5.41) is 4.69. The van der Waals surface area contributed by atoms with Gasteiger partial charge < -0.3 is 15.4 Å². The smallest absolute Gasteiger partial charge is 0.325 e. The van der Waals surface area contributed by atoms with Crippen LogP contribution in [0.25, 0.3) is 0 Å². The van der Waals surface area contributed by atoms with Crippen molar-refractivity contribution in [1.82, 2.24) is 10.6 Å². The van der Waals surface area contributed by atoms with Crippen molar-refractivity contribution in [3.05, 3.63) is 0 Å². The second-order valence-corrected chi connectivity index (χ2v) is 2.72. The summed E-state index contributed by atoms with van der Waals surface area (Å²) in [6.45, 7) is 2.64. The number of halogens is 1. The van der Waals surface area contributed by atoms with Gasteiger partial charge in [0.25, 0.3) is 0 Å². The van der Waals surface area contributed by atoms with Crippen LogP contribution in [-0.2, 0) is 19.1 Å². The highest BCUT2D eigenvalue weighted by atomic mass is 35.5. The van der Waals surface area contributed by atoms with E-state index in [1.807, 2.05) is 0 Å². The van der Waals surface area contributed by atoms with Crippen molar-refractivity contribution in [3.8, 4) is 0 Å². The molecule has 0 fully saturated rings. The van der Waals surface area contributed by atoms with Crippen LogP contribution in [-0.4, -0.2) is 37.5 Å². The van der Waals surface area contributed by atoms with E-state index in [0.29, 0.717) is 0 Å². The minimum Gasteiger partial charge on any atom is -0.468 e. The normalized spacial score (nSPS) is 10.6. The van der Waals surface area contributed by atoms with Crippen LogP contribution in [0, 0.1) is 0 Å². The Bertz CT molecular complexity index is 245. The van der Waals surface area contributed by atoms with Gasteiger partial charge in [0.05, 0.1) is 7.11 Å². The Balaban J connectivity index is 0. The number of nitrogens with one attached hydrogen (secondary N) is 2. The highest BCUT2D eigenvalue weighted by Crippen LogP contribution is 1.82. The summed E-state index contributed by atoms with van der Waals surface area (Å²) in [4.78, 5) is 32.4. The molecule has 0 rings (SSSR count). The molecule has 0 radical (unpaired) electrons. The van der Waals surface area contributed by atoms with Crippen LogP contribution in [0.1, 0.15) is 13.8 Å². The SMILES string of the molecule is COC(=O)CNC(=O)[C@H](C)NC(C)=O.Cl. The minimum absolute atomic E-state index is 0. The summed E-state index contributed by atoms with van der Waals surface area (Å²) in [5.74, 6) is -1.26. The van der Waals surface area contributed by atoms with E-state index < -0.39 is 17.9 Å². The van der Waals surface area contributed by atoms with Gasteiger partial charge in [-0.25, -0.2) is 0 Å². The van der Waals surface area contributed by atoms with Gasteiger partial charge in [0, 0.05) is 6.92 Å². The maximum absolute atomic E-state index is 11.2. The van der Waals surface area contributed by atoms with Gasteiger partial charge in [0.2, 0.25) is 11.8 Å². The van der Waals surface area contributed by atoms with Gasteiger partial charge in [-0.15, -0.1) is 12.4 Å². The average Bonchev–Trinajstić information content (AvgIpc) is 2.12. The number of methoxy groups -OCH3 is 1. The standard InChI is InChI=1S/C8H14N2O4.ClH/c1-5(10-6(2)11)8(13)9-4-7(12)14-3;/h5H,4H2,1-3H3,(H,9,13)(H,10,11);1H/t5-;/m0./s1. The van der Waals surface area contributed by atoms with Crippen LogP contribution in [0.4, 0.5) is 0 Å². The Morgan fingerprint density at radius 3 is 2.27 bits per heavy atom. The molecule has 0 aliphatic carbocycles. The van der Waals surface area contributed by atoms with Crippen molar-refractivity contribution in [1.29, 1.82) is 0 Å². The molecule has 1 atom stereocenters. The molecule has 0 heterocycles. The van der Waals surface area contributed by atoms with E-state index in [1.165, 1.54) is 21.0 Å². The molecule has 0 aromatic carbocycles. The first-order valence-electron chi connectivity index (χ1n) is 4.09. The van der Waals surface area contributed by atoms with Gasteiger partial charge in [0.15, 0.2) is 0 Å². The molecular weight excluding hydrogens is 224 g/mol. The number of carbonyl (C=O) groups is 3. The number of rotatable bonds is 4. The molecule has 0 aliphatic heterocycles. The fourth-order valence-electron chi connectivity index (χ4n) is 0.755. The first-order valence-corrected chi connectivity index (χ1v) is 4.09. The van der Waals surface area contributed by atoms with Crippen molar-refractivity contribution in [2.45, 2.75) is 19.9 Å². The third-order valence-electron chi connectivity index (χ3n) is 1.45. The van der Waals surface area contributed by atoms with Gasteiger partial charge >= 0.3 is 5.97 Å². The van der Waals surface area contributed by atoms with E-state index >= 15 is 0 Å². The van der Waals surface area contributed by atoms with Crippen molar-refractivity contribution in [3.63, 3.8) is 0 Å². The lowest BCUT2D eigenvalue weighted by Gasteiger charge is -2.11. The van der Waals surface area contributed by atoms with E-state index in [2.05, 4.69) is 15.4 Å². The fraction of sp³-hybridized carbons (Fsp3) is 0.625. The quantitative estimate of drug-likeness (QED) is 0.630. The molecule has 88 valence electrons. The number of hydrogen-bond donors (Lipinski definition) is 2. The van der Waals surface area contributed by atoms with E-state index in [4.69, 9.17) is 0 Å². The molecule has 2 N–H and O–H groups in total. The van der Waals surface area contributed by atoms with E-state index in [1.54, 1.807) is 0 Å². The maximum atomic E-state index is 11.2. The monoisotopic (exact) mass is 238 g/mol. The molecule has 2 amide bonds. The second-order valence-electron chi connectivity index (χ2n) is 2.72. The van der Waals surface area contributed by atoms with Gasteiger partial charge in [-0.05, 0) is 6.92 Å².